The van der Waals surface area contributed by atoms with Crippen LogP contribution in [0.1, 0.15) is 27.3 Å². The number of halogens is 1. The Morgan fingerprint density at radius 3 is 2.26 bits per heavy atom. The molecule has 0 atom stereocenters. The number of benzene rings is 2. The minimum absolute atomic E-state index is 0.0982. The van der Waals surface area contributed by atoms with E-state index in [1.807, 2.05) is 0 Å². The highest BCUT2D eigenvalue weighted by Gasteiger charge is 2.19. The van der Waals surface area contributed by atoms with Crippen molar-refractivity contribution in [3.05, 3.63) is 70.8 Å². The molecular weight excluding hydrogens is 405 g/mol. The van der Waals surface area contributed by atoms with Gasteiger partial charge in [0.25, 0.3) is 0 Å². The molecule has 0 saturated carbocycles. The van der Waals surface area contributed by atoms with Gasteiger partial charge in [-0.2, -0.15) is 0 Å². The molecule has 3 rings (SSSR count). The summed E-state index contributed by atoms with van der Waals surface area (Å²) in [6.07, 6.45) is 1.06. The second-order valence-electron chi connectivity index (χ2n) is 6.62. The SMILES string of the molecule is COc1cc(/C(O)=C/C(=O)c2nnn(Cc3ccc(F)cc3)c2C)cc(OC)c1OC. The number of carbonyl (C=O) groups is 1. The van der Waals surface area contributed by atoms with E-state index in [2.05, 4.69) is 10.3 Å². The fraction of sp³-hybridized carbons (Fsp3) is 0.227. The molecule has 0 fully saturated rings. The van der Waals surface area contributed by atoms with Gasteiger partial charge in [0.15, 0.2) is 17.2 Å². The molecule has 0 aliphatic carbocycles. The number of nitrogens with zero attached hydrogens (tertiary/aromatic N) is 3. The highest BCUT2D eigenvalue weighted by Crippen LogP contribution is 2.39. The van der Waals surface area contributed by atoms with Gasteiger partial charge in [-0.25, -0.2) is 9.07 Å². The molecule has 9 heteroatoms. The average molecular weight is 427 g/mol. The zero-order valence-corrected chi connectivity index (χ0v) is 17.5. The fourth-order valence-corrected chi connectivity index (χ4v) is 3.01. The Bertz CT molecular complexity index is 1100. The van der Waals surface area contributed by atoms with Crippen LogP contribution in [0.15, 0.2) is 42.5 Å². The van der Waals surface area contributed by atoms with Gasteiger partial charge in [-0.05, 0) is 36.8 Å². The van der Waals surface area contributed by atoms with Crippen molar-refractivity contribution < 1.29 is 28.5 Å². The van der Waals surface area contributed by atoms with Crippen LogP contribution < -0.4 is 14.2 Å². The summed E-state index contributed by atoms with van der Waals surface area (Å²) in [6.45, 7) is 2.02. The first-order chi connectivity index (χ1) is 14.9. The lowest BCUT2D eigenvalue weighted by atomic mass is 10.1. The van der Waals surface area contributed by atoms with Crippen molar-refractivity contribution in [2.45, 2.75) is 13.5 Å². The Balaban J connectivity index is 1.87. The zero-order valence-electron chi connectivity index (χ0n) is 17.5. The number of carbonyl (C=O) groups excluding carboxylic acids is 1. The van der Waals surface area contributed by atoms with Gasteiger partial charge in [0.2, 0.25) is 11.5 Å². The maximum Gasteiger partial charge on any atom is 0.211 e. The lowest BCUT2D eigenvalue weighted by Gasteiger charge is -2.13. The van der Waals surface area contributed by atoms with Crippen LogP contribution in [-0.4, -0.2) is 47.2 Å². The Kier molecular flexibility index (Phi) is 6.54. The first kappa shape index (κ1) is 21.8. The van der Waals surface area contributed by atoms with Crippen LogP contribution in [0.5, 0.6) is 17.2 Å². The molecule has 0 amide bonds. The van der Waals surface area contributed by atoms with Crippen LogP contribution in [0.3, 0.4) is 0 Å². The Hall–Kier alpha value is -3.88. The Morgan fingerprint density at radius 1 is 1.10 bits per heavy atom. The molecule has 0 aliphatic rings. The number of aliphatic hydroxyl groups is 1. The predicted octanol–water partition coefficient (Wildman–Crippen LogP) is 3.58. The number of hydrogen-bond donors (Lipinski definition) is 1. The third-order valence-electron chi connectivity index (χ3n) is 4.69. The molecule has 1 N–H and O–H groups in total. The molecule has 2 aromatic carbocycles. The van der Waals surface area contributed by atoms with Crippen molar-refractivity contribution in [2.24, 2.45) is 0 Å². The number of aromatic nitrogens is 3. The Labute approximate surface area is 178 Å². The molecule has 0 aliphatic heterocycles. The van der Waals surface area contributed by atoms with Crippen molar-refractivity contribution >= 4 is 11.5 Å². The standard InChI is InChI=1S/C22H22FN3O5/c1-13-21(24-25-26(13)12-14-5-7-16(23)8-6-14)18(28)11-17(27)15-9-19(29-2)22(31-4)20(10-15)30-3/h5-11,27H,12H2,1-4H3/b17-11-. The molecule has 0 spiro atoms. The summed E-state index contributed by atoms with van der Waals surface area (Å²) >= 11 is 0. The normalized spacial score (nSPS) is 11.3. The van der Waals surface area contributed by atoms with Gasteiger partial charge in [0.1, 0.15) is 11.6 Å². The zero-order chi connectivity index (χ0) is 22.5. The summed E-state index contributed by atoms with van der Waals surface area (Å²) in [7, 11) is 4.38. The lowest BCUT2D eigenvalue weighted by molar-refractivity contribution is 0.104. The van der Waals surface area contributed by atoms with Gasteiger partial charge >= 0.3 is 0 Å². The second kappa shape index (κ2) is 9.29. The number of aliphatic hydroxyl groups excluding tert-OH is 1. The van der Waals surface area contributed by atoms with Gasteiger partial charge < -0.3 is 19.3 Å². The first-order valence-electron chi connectivity index (χ1n) is 9.27. The number of methoxy groups -OCH3 is 3. The maximum absolute atomic E-state index is 13.1. The van der Waals surface area contributed by atoms with E-state index < -0.39 is 5.78 Å². The van der Waals surface area contributed by atoms with Gasteiger partial charge in [-0.1, -0.05) is 17.3 Å². The molecule has 0 radical (unpaired) electrons. The summed E-state index contributed by atoms with van der Waals surface area (Å²) in [5, 5.41) is 18.4. The summed E-state index contributed by atoms with van der Waals surface area (Å²) < 4.78 is 30.4. The van der Waals surface area contributed by atoms with Gasteiger partial charge in [0.05, 0.1) is 33.6 Å². The molecule has 8 nitrogen and oxygen atoms in total. The van der Waals surface area contributed by atoms with Crippen LogP contribution in [0, 0.1) is 12.7 Å². The predicted molar refractivity (Wildman–Crippen MR) is 111 cm³/mol. The Morgan fingerprint density at radius 2 is 1.71 bits per heavy atom. The quantitative estimate of drug-likeness (QED) is 0.333. The molecule has 31 heavy (non-hydrogen) atoms. The van der Waals surface area contributed by atoms with Crippen LogP contribution in [0.25, 0.3) is 5.76 Å². The van der Waals surface area contributed by atoms with Crippen molar-refractivity contribution in [1.29, 1.82) is 0 Å². The fourth-order valence-electron chi connectivity index (χ4n) is 3.01. The minimum atomic E-state index is -0.519. The lowest BCUT2D eigenvalue weighted by Crippen LogP contribution is -2.06. The highest BCUT2D eigenvalue weighted by atomic mass is 19.1. The van der Waals surface area contributed by atoms with E-state index in [0.29, 0.717) is 35.1 Å². The smallest absolute Gasteiger partial charge is 0.211 e. The summed E-state index contributed by atoms with van der Waals surface area (Å²) in [6, 6.07) is 9.03. The maximum atomic E-state index is 13.1. The van der Waals surface area contributed by atoms with E-state index in [9.17, 15) is 14.3 Å². The molecule has 1 heterocycles. The van der Waals surface area contributed by atoms with Crippen LogP contribution in [-0.2, 0) is 6.54 Å². The van der Waals surface area contributed by atoms with Crippen molar-refractivity contribution in [1.82, 2.24) is 15.0 Å². The minimum Gasteiger partial charge on any atom is -0.507 e. The molecule has 162 valence electrons. The number of ether oxygens (including phenoxy) is 3. The molecular formula is C22H22FN3O5. The largest absolute Gasteiger partial charge is 0.507 e. The van der Waals surface area contributed by atoms with Gasteiger partial charge in [0, 0.05) is 11.6 Å². The van der Waals surface area contributed by atoms with E-state index >= 15 is 0 Å². The van der Waals surface area contributed by atoms with E-state index in [1.54, 1.807) is 19.1 Å². The summed E-state index contributed by atoms with van der Waals surface area (Å²) in [5.41, 5.74) is 1.73. The van der Waals surface area contributed by atoms with E-state index in [-0.39, 0.29) is 17.3 Å². The number of allylic oxidation sites excluding steroid dienone is 1. The van der Waals surface area contributed by atoms with Gasteiger partial charge in [-0.15, -0.1) is 5.10 Å². The van der Waals surface area contributed by atoms with E-state index in [1.165, 1.54) is 50.3 Å². The third kappa shape index (κ3) is 4.66. The number of rotatable bonds is 8. The van der Waals surface area contributed by atoms with Crippen LogP contribution in [0.4, 0.5) is 4.39 Å². The monoisotopic (exact) mass is 427 g/mol. The average Bonchev–Trinajstić information content (AvgIpc) is 3.14. The molecule has 0 bridgehead atoms. The second-order valence-corrected chi connectivity index (χ2v) is 6.62. The van der Waals surface area contributed by atoms with Crippen LogP contribution in [0.2, 0.25) is 0 Å². The first-order valence-corrected chi connectivity index (χ1v) is 9.27. The molecule has 1 aromatic heterocycles. The molecule has 3 aromatic rings. The van der Waals surface area contributed by atoms with E-state index in [4.69, 9.17) is 14.2 Å². The number of hydrogen-bond acceptors (Lipinski definition) is 7. The topological polar surface area (TPSA) is 95.7 Å². The summed E-state index contributed by atoms with van der Waals surface area (Å²) in [5.74, 6) is -0.100. The van der Waals surface area contributed by atoms with Gasteiger partial charge in [-0.3, -0.25) is 4.79 Å². The van der Waals surface area contributed by atoms with Crippen molar-refractivity contribution in [3.8, 4) is 17.2 Å². The molecule has 0 saturated heterocycles. The summed E-state index contributed by atoms with van der Waals surface area (Å²) in [4.78, 5) is 12.7. The van der Waals surface area contributed by atoms with Crippen molar-refractivity contribution in [2.75, 3.05) is 21.3 Å². The third-order valence-corrected chi connectivity index (χ3v) is 4.69. The molecule has 0 unspecified atom stereocenters. The van der Waals surface area contributed by atoms with E-state index in [0.717, 1.165) is 11.6 Å². The van der Waals surface area contributed by atoms with Crippen LogP contribution >= 0.6 is 0 Å². The number of ketones is 1. The highest BCUT2D eigenvalue weighted by molar-refractivity contribution is 6.07. The van der Waals surface area contributed by atoms with Crippen molar-refractivity contribution in [3.63, 3.8) is 0 Å².